The first-order chi connectivity index (χ1) is 7.31. The largest absolute Gasteiger partial charge is 0.385 e. The van der Waals surface area contributed by atoms with Crippen molar-refractivity contribution in [2.45, 2.75) is 13.0 Å². The number of halogens is 1. The van der Waals surface area contributed by atoms with Gasteiger partial charge in [-0.05, 0) is 30.0 Å². The number of nitrogens with zero attached hydrogens (tertiary/aromatic N) is 1. The van der Waals surface area contributed by atoms with E-state index in [1.165, 1.54) is 10.9 Å². The number of aromatic nitrogens is 1. The van der Waals surface area contributed by atoms with Gasteiger partial charge < -0.3 is 9.30 Å². The summed E-state index contributed by atoms with van der Waals surface area (Å²) in [6.07, 6.45) is 3.11. The smallest absolute Gasteiger partial charge is 0.0495 e. The van der Waals surface area contributed by atoms with Crippen molar-refractivity contribution in [3.63, 3.8) is 0 Å². The summed E-state index contributed by atoms with van der Waals surface area (Å²) in [6.45, 7) is 1.76. The van der Waals surface area contributed by atoms with Crippen LogP contribution in [-0.4, -0.2) is 18.3 Å². The summed E-state index contributed by atoms with van der Waals surface area (Å²) >= 11 is 5.97. The summed E-state index contributed by atoms with van der Waals surface area (Å²) in [6, 6.07) is 8.08. The predicted molar refractivity (Wildman–Crippen MR) is 63.4 cm³/mol. The first kappa shape index (κ1) is 10.5. The fraction of sp³-hybridized carbons (Fsp3) is 0.333. The van der Waals surface area contributed by atoms with E-state index >= 15 is 0 Å². The minimum absolute atomic E-state index is 0.786. The van der Waals surface area contributed by atoms with Crippen molar-refractivity contribution in [1.29, 1.82) is 0 Å². The van der Waals surface area contributed by atoms with Gasteiger partial charge in [0.15, 0.2) is 0 Å². The van der Waals surface area contributed by atoms with E-state index < -0.39 is 0 Å². The molecule has 15 heavy (non-hydrogen) atoms. The molecule has 3 heteroatoms. The van der Waals surface area contributed by atoms with Crippen LogP contribution in [0.3, 0.4) is 0 Å². The van der Waals surface area contributed by atoms with Crippen LogP contribution in [0.5, 0.6) is 0 Å². The Kier molecular flexibility index (Phi) is 3.29. The summed E-state index contributed by atoms with van der Waals surface area (Å²) in [5.41, 5.74) is 1.19. The van der Waals surface area contributed by atoms with Gasteiger partial charge in [0.2, 0.25) is 0 Å². The molecule has 0 amide bonds. The van der Waals surface area contributed by atoms with Crippen LogP contribution in [0, 0.1) is 0 Å². The zero-order valence-electron chi connectivity index (χ0n) is 8.74. The highest BCUT2D eigenvalue weighted by Crippen LogP contribution is 2.20. The number of hydrogen-bond acceptors (Lipinski definition) is 1. The number of fused-ring (bicyclic) bond motifs is 1. The molecule has 0 saturated carbocycles. The maximum absolute atomic E-state index is 5.97. The number of ether oxygens (including phenoxy) is 1. The van der Waals surface area contributed by atoms with Crippen LogP contribution in [0.1, 0.15) is 6.42 Å². The molecule has 1 aromatic carbocycles. The van der Waals surface area contributed by atoms with E-state index in [1.807, 2.05) is 18.2 Å². The van der Waals surface area contributed by atoms with Crippen LogP contribution in [0.4, 0.5) is 0 Å². The first-order valence-corrected chi connectivity index (χ1v) is 5.42. The zero-order valence-corrected chi connectivity index (χ0v) is 9.50. The monoisotopic (exact) mass is 223 g/mol. The lowest BCUT2D eigenvalue weighted by atomic mass is 10.2. The summed E-state index contributed by atoms with van der Waals surface area (Å²) in [4.78, 5) is 0. The molecule has 80 valence electrons. The lowest BCUT2D eigenvalue weighted by Crippen LogP contribution is -1.99. The maximum Gasteiger partial charge on any atom is 0.0495 e. The molecule has 0 aliphatic rings. The van der Waals surface area contributed by atoms with Crippen molar-refractivity contribution in [2.75, 3.05) is 13.7 Å². The molecule has 0 aliphatic heterocycles. The van der Waals surface area contributed by atoms with Gasteiger partial charge in [0.05, 0.1) is 0 Å². The number of methoxy groups -OCH3 is 1. The van der Waals surface area contributed by atoms with Crippen molar-refractivity contribution in [2.24, 2.45) is 0 Å². The van der Waals surface area contributed by atoms with Crippen molar-refractivity contribution in [3.05, 3.63) is 35.5 Å². The van der Waals surface area contributed by atoms with Gasteiger partial charge in [-0.2, -0.15) is 0 Å². The van der Waals surface area contributed by atoms with Crippen LogP contribution in [0.2, 0.25) is 5.02 Å². The molecule has 0 unspecified atom stereocenters. The topological polar surface area (TPSA) is 14.2 Å². The summed E-state index contributed by atoms with van der Waals surface area (Å²) in [5.74, 6) is 0. The van der Waals surface area contributed by atoms with E-state index in [0.717, 1.165) is 24.6 Å². The van der Waals surface area contributed by atoms with Crippen LogP contribution in [-0.2, 0) is 11.3 Å². The maximum atomic E-state index is 5.97. The molecule has 0 aliphatic carbocycles. The third-order valence-electron chi connectivity index (χ3n) is 2.48. The van der Waals surface area contributed by atoms with Gasteiger partial charge in [-0.3, -0.25) is 0 Å². The summed E-state index contributed by atoms with van der Waals surface area (Å²) in [5, 5.41) is 2.02. The normalized spacial score (nSPS) is 11.1. The van der Waals surface area contributed by atoms with E-state index in [0.29, 0.717) is 0 Å². The number of aryl methyl sites for hydroxylation is 1. The van der Waals surface area contributed by atoms with Gasteiger partial charge in [0.25, 0.3) is 0 Å². The average molecular weight is 224 g/mol. The van der Waals surface area contributed by atoms with Gasteiger partial charge in [0, 0.05) is 37.0 Å². The van der Waals surface area contributed by atoms with Crippen LogP contribution < -0.4 is 0 Å². The molecule has 1 heterocycles. The molecule has 0 saturated heterocycles. The van der Waals surface area contributed by atoms with Crippen LogP contribution in [0.25, 0.3) is 10.9 Å². The summed E-state index contributed by atoms with van der Waals surface area (Å²) < 4.78 is 7.25. The Morgan fingerprint density at radius 1 is 1.33 bits per heavy atom. The van der Waals surface area contributed by atoms with Crippen molar-refractivity contribution in [1.82, 2.24) is 4.57 Å². The highest BCUT2D eigenvalue weighted by atomic mass is 35.5. The molecular formula is C12H14ClNO. The Hall–Kier alpha value is -0.990. The number of benzene rings is 1. The second kappa shape index (κ2) is 4.69. The number of hydrogen-bond donors (Lipinski definition) is 0. The van der Waals surface area contributed by atoms with Crippen molar-refractivity contribution >= 4 is 22.5 Å². The molecule has 0 bridgehead atoms. The molecule has 0 radical (unpaired) electrons. The minimum atomic E-state index is 0.786. The van der Waals surface area contributed by atoms with Crippen LogP contribution in [0.15, 0.2) is 30.5 Å². The highest BCUT2D eigenvalue weighted by molar-refractivity contribution is 6.31. The molecule has 1 aromatic heterocycles. The molecule has 2 aromatic rings. The Morgan fingerprint density at radius 2 is 2.20 bits per heavy atom. The van der Waals surface area contributed by atoms with E-state index in [4.69, 9.17) is 16.3 Å². The number of rotatable bonds is 4. The molecule has 0 spiro atoms. The van der Waals surface area contributed by atoms with Gasteiger partial charge in [-0.1, -0.05) is 17.7 Å². The lowest BCUT2D eigenvalue weighted by Gasteiger charge is -2.04. The molecule has 2 nitrogen and oxygen atoms in total. The SMILES string of the molecule is COCCCn1ccc2ccc(Cl)cc21. The minimum Gasteiger partial charge on any atom is -0.385 e. The highest BCUT2D eigenvalue weighted by Gasteiger charge is 2.00. The van der Waals surface area contributed by atoms with E-state index in [9.17, 15) is 0 Å². The van der Waals surface area contributed by atoms with E-state index in [-0.39, 0.29) is 0 Å². The molecule has 0 atom stereocenters. The Bertz CT molecular complexity index is 450. The fourth-order valence-electron chi connectivity index (χ4n) is 1.73. The first-order valence-electron chi connectivity index (χ1n) is 5.04. The lowest BCUT2D eigenvalue weighted by molar-refractivity contribution is 0.190. The van der Waals surface area contributed by atoms with Crippen LogP contribution >= 0.6 is 11.6 Å². The van der Waals surface area contributed by atoms with Gasteiger partial charge >= 0.3 is 0 Å². The second-order valence-corrected chi connectivity index (χ2v) is 4.00. The van der Waals surface area contributed by atoms with Gasteiger partial charge in [-0.25, -0.2) is 0 Å². The van der Waals surface area contributed by atoms with Crippen molar-refractivity contribution in [3.8, 4) is 0 Å². The molecule has 2 rings (SSSR count). The van der Waals surface area contributed by atoms with Crippen molar-refractivity contribution < 1.29 is 4.74 Å². The molecule has 0 N–H and O–H groups in total. The van der Waals surface area contributed by atoms with Gasteiger partial charge in [-0.15, -0.1) is 0 Å². The summed E-state index contributed by atoms with van der Waals surface area (Å²) in [7, 11) is 1.73. The third-order valence-corrected chi connectivity index (χ3v) is 2.72. The fourth-order valence-corrected chi connectivity index (χ4v) is 1.90. The Morgan fingerprint density at radius 3 is 3.00 bits per heavy atom. The predicted octanol–water partition coefficient (Wildman–Crippen LogP) is 3.33. The quantitative estimate of drug-likeness (QED) is 0.726. The Labute approximate surface area is 94.4 Å². The third kappa shape index (κ3) is 2.33. The Balaban J connectivity index is 2.23. The second-order valence-electron chi connectivity index (χ2n) is 3.56. The zero-order chi connectivity index (χ0) is 10.7. The van der Waals surface area contributed by atoms with E-state index in [2.05, 4.69) is 16.8 Å². The van der Waals surface area contributed by atoms with E-state index in [1.54, 1.807) is 7.11 Å². The average Bonchev–Trinajstić information content (AvgIpc) is 2.62. The standard InChI is InChI=1S/C12H14ClNO/c1-15-8-2-6-14-7-5-10-3-4-11(13)9-12(10)14/h3-5,7,9H,2,6,8H2,1H3. The molecular weight excluding hydrogens is 210 g/mol. The van der Waals surface area contributed by atoms with Gasteiger partial charge in [0.1, 0.15) is 0 Å². The molecule has 0 fully saturated rings.